The number of anilines is 1. The number of ketones is 1. The van der Waals surface area contributed by atoms with Crippen molar-refractivity contribution in [3.63, 3.8) is 0 Å². The molecule has 15 heteroatoms. The number of Topliss-reactive ketones (excluding diaryl/α,β-unsaturated/α-hetero) is 1. The Bertz CT molecular complexity index is 1860. The highest BCUT2D eigenvalue weighted by atomic mass is 32.1. The third kappa shape index (κ3) is 18.8. The largest absolute Gasteiger partial charge is 0.460 e. The van der Waals surface area contributed by atoms with Crippen molar-refractivity contribution in [2.45, 2.75) is 117 Å². The molecule has 63 heavy (non-hydrogen) atoms. The van der Waals surface area contributed by atoms with Crippen LogP contribution in [0.3, 0.4) is 0 Å². The average molecular weight is 897 g/mol. The van der Waals surface area contributed by atoms with Crippen LogP contribution in [-0.2, 0) is 55.8 Å². The summed E-state index contributed by atoms with van der Waals surface area (Å²) in [6.07, 6.45) is 7.47. The van der Waals surface area contributed by atoms with Crippen LogP contribution in [0, 0.1) is 11.8 Å². The van der Waals surface area contributed by atoms with Gasteiger partial charge < -0.3 is 43.8 Å². The zero-order chi connectivity index (χ0) is 45.5. The average Bonchev–Trinajstić information content (AvgIpc) is 3.86. The number of hydrogen-bond acceptors (Lipinski definition) is 11. The highest BCUT2D eigenvalue weighted by Gasteiger charge is 2.29. The van der Waals surface area contributed by atoms with Crippen molar-refractivity contribution in [1.82, 2.24) is 15.2 Å². The number of unbranched alkanes of at least 4 members (excludes halogenated alkanes) is 2. The summed E-state index contributed by atoms with van der Waals surface area (Å²) in [4.78, 5) is 66.1. The van der Waals surface area contributed by atoms with Crippen LogP contribution in [-0.4, -0.2) is 112 Å². The number of nitrogens with one attached hydrogen (secondary N) is 2. The van der Waals surface area contributed by atoms with Gasteiger partial charge >= 0.3 is 5.97 Å². The van der Waals surface area contributed by atoms with Gasteiger partial charge in [0.2, 0.25) is 17.7 Å². The molecule has 1 saturated carbocycles. The van der Waals surface area contributed by atoms with Crippen molar-refractivity contribution in [3.05, 3.63) is 53.0 Å². The lowest BCUT2D eigenvalue weighted by Gasteiger charge is -2.27. The Hall–Kier alpha value is -4.15. The number of ether oxygens (including phenoxy) is 5. The lowest BCUT2D eigenvalue weighted by Crippen LogP contribution is -2.35. The van der Waals surface area contributed by atoms with Crippen LogP contribution < -0.4 is 15.5 Å². The van der Waals surface area contributed by atoms with Crippen molar-refractivity contribution < 1.29 is 47.7 Å². The van der Waals surface area contributed by atoms with E-state index in [0.717, 1.165) is 67.3 Å². The second-order valence-corrected chi connectivity index (χ2v) is 18.0. The molecular formula is C48H72N4O10S. The van der Waals surface area contributed by atoms with E-state index in [4.69, 9.17) is 23.7 Å². The van der Waals surface area contributed by atoms with Crippen molar-refractivity contribution in [2.24, 2.45) is 11.8 Å². The molecular weight excluding hydrogens is 825 g/mol. The number of nitrogens with zero attached hydrogens (tertiary/aromatic N) is 2. The van der Waals surface area contributed by atoms with Gasteiger partial charge in [-0.3, -0.25) is 24.0 Å². The van der Waals surface area contributed by atoms with Crippen LogP contribution in [0.1, 0.15) is 115 Å². The molecule has 0 bridgehead atoms. The number of fused-ring (bicyclic) bond motifs is 1. The molecule has 0 unspecified atom stereocenters. The standard InChI is InChI=1S/C48H72N4O10S/c1-6-36-12-11-13-39(32-36)51(7-2)45(55)35-52-40-20-31-63-43(40)34-41(52)42(53)33-37-15-17-38(18-16-37)47(57)50-21-10-8-9-14-44(54)49-22-24-59-26-28-61-30-29-60-27-25-58-23-19-46(56)62-48(3,4)5/h11-13,20,31-32,34,37-38H,6-10,14-19,21-30,33,35H2,1-5H3,(H,49,54)(H,50,57). The maximum absolute atomic E-state index is 13.8. The first-order valence-corrected chi connectivity index (χ1v) is 23.8. The minimum Gasteiger partial charge on any atom is -0.460 e. The van der Waals surface area contributed by atoms with Crippen LogP contribution in [0.15, 0.2) is 41.8 Å². The second-order valence-electron chi connectivity index (χ2n) is 17.0. The lowest BCUT2D eigenvalue weighted by molar-refractivity contribution is -0.156. The minimum absolute atomic E-state index is 0.0155. The Labute approximate surface area is 378 Å². The molecule has 1 fully saturated rings. The Kier molecular flexibility index (Phi) is 22.8. The molecule has 14 nitrogen and oxygen atoms in total. The van der Waals surface area contributed by atoms with E-state index in [1.165, 1.54) is 5.56 Å². The summed E-state index contributed by atoms with van der Waals surface area (Å²) >= 11 is 1.57. The highest BCUT2D eigenvalue weighted by Crippen LogP contribution is 2.33. The summed E-state index contributed by atoms with van der Waals surface area (Å²) < 4.78 is 30.0. The van der Waals surface area contributed by atoms with E-state index in [0.29, 0.717) is 91.0 Å². The normalized spacial score (nSPS) is 15.3. The molecule has 2 heterocycles. The predicted octanol–water partition coefficient (Wildman–Crippen LogP) is 7.29. The molecule has 3 amide bonds. The van der Waals surface area contributed by atoms with Crippen molar-refractivity contribution in [1.29, 1.82) is 0 Å². The summed E-state index contributed by atoms with van der Waals surface area (Å²) in [6, 6.07) is 12.0. The number of amides is 3. The fourth-order valence-corrected chi connectivity index (χ4v) is 8.47. The quantitative estimate of drug-likeness (QED) is 0.0395. The number of benzene rings is 1. The van der Waals surface area contributed by atoms with Crippen LogP contribution >= 0.6 is 11.3 Å². The molecule has 0 atom stereocenters. The number of carbonyl (C=O) groups excluding carboxylic acids is 5. The Balaban J connectivity index is 0.988. The van der Waals surface area contributed by atoms with Gasteiger partial charge in [-0.2, -0.15) is 0 Å². The molecule has 1 aliphatic rings. The maximum Gasteiger partial charge on any atom is 0.308 e. The smallest absolute Gasteiger partial charge is 0.308 e. The molecule has 0 spiro atoms. The molecule has 0 aliphatic heterocycles. The lowest BCUT2D eigenvalue weighted by atomic mass is 9.79. The van der Waals surface area contributed by atoms with Gasteiger partial charge in [0.25, 0.3) is 0 Å². The van der Waals surface area contributed by atoms with Gasteiger partial charge in [0.05, 0.1) is 75.2 Å². The fourth-order valence-electron chi connectivity index (χ4n) is 7.65. The fraction of sp³-hybridized carbons (Fsp3) is 0.646. The van der Waals surface area contributed by atoms with Gasteiger partial charge in [0.15, 0.2) is 5.78 Å². The number of rotatable bonds is 30. The van der Waals surface area contributed by atoms with E-state index in [9.17, 15) is 24.0 Å². The summed E-state index contributed by atoms with van der Waals surface area (Å²) in [5.41, 5.74) is 3.05. The second kappa shape index (κ2) is 27.9. The molecule has 1 aromatic carbocycles. The van der Waals surface area contributed by atoms with Gasteiger partial charge in [-0.15, -0.1) is 11.3 Å². The van der Waals surface area contributed by atoms with Gasteiger partial charge in [-0.05, 0) is 114 Å². The van der Waals surface area contributed by atoms with Crippen molar-refractivity contribution in [2.75, 3.05) is 77.4 Å². The molecule has 0 saturated heterocycles. The maximum atomic E-state index is 13.8. The molecule has 2 aromatic heterocycles. The number of hydrogen-bond donors (Lipinski definition) is 2. The Morgan fingerprint density at radius 3 is 2.13 bits per heavy atom. The van der Waals surface area contributed by atoms with E-state index >= 15 is 0 Å². The topological polar surface area (TPSA) is 164 Å². The summed E-state index contributed by atoms with van der Waals surface area (Å²) in [7, 11) is 0. The van der Waals surface area contributed by atoms with E-state index < -0.39 is 5.60 Å². The SMILES string of the molecule is CCc1cccc(N(CC)C(=O)Cn2c(C(=O)CC3CCC(C(=O)NCCCCCC(=O)NCCOCCOCCOCCOCCC(=O)OC(C)(C)C)CC3)cc3sccc32)c1. The van der Waals surface area contributed by atoms with Crippen molar-refractivity contribution >= 4 is 56.7 Å². The van der Waals surface area contributed by atoms with Gasteiger partial charge in [0.1, 0.15) is 12.1 Å². The third-order valence-corrected chi connectivity index (χ3v) is 11.8. The monoisotopic (exact) mass is 896 g/mol. The zero-order valence-corrected chi connectivity index (χ0v) is 39.2. The van der Waals surface area contributed by atoms with E-state index in [1.807, 2.05) is 61.9 Å². The van der Waals surface area contributed by atoms with Gasteiger partial charge in [0, 0.05) is 44.1 Å². The number of likely N-dealkylation sites (N-methyl/N-ethyl adjacent to an activating group) is 1. The number of aromatic nitrogens is 1. The third-order valence-electron chi connectivity index (χ3n) is 11.0. The molecule has 0 radical (unpaired) electrons. The molecule has 1 aliphatic carbocycles. The van der Waals surface area contributed by atoms with Crippen LogP contribution in [0.5, 0.6) is 0 Å². The number of carbonyl (C=O) groups is 5. The first-order chi connectivity index (χ1) is 30.4. The van der Waals surface area contributed by atoms with E-state index in [2.05, 4.69) is 29.7 Å². The zero-order valence-electron chi connectivity index (χ0n) is 38.3. The molecule has 4 rings (SSSR count). The highest BCUT2D eigenvalue weighted by molar-refractivity contribution is 7.17. The number of aryl methyl sites for hydroxylation is 1. The van der Waals surface area contributed by atoms with Gasteiger partial charge in [-0.1, -0.05) is 25.5 Å². The molecule has 350 valence electrons. The number of thiophene rings is 1. The van der Waals surface area contributed by atoms with E-state index in [-0.39, 0.29) is 54.3 Å². The Morgan fingerprint density at radius 2 is 1.46 bits per heavy atom. The molecule has 2 N–H and O–H groups in total. The van der Waals surface area contributed by atoms with Crippen LogP contribution in [0.4, 0.5) is 5.69 Å². The molecule has 3 aromatic rings. The van der Waals surface area contributed by atoms with Gasteiger partial charge in [-0.25, -0.2) is 0 Å². The first kappa shape index (κ1) is 51.5. The Morgan fingerprint density at radius 1 is 0.778 bits per heavy atom. The van der Waals surface area contributed by atoms with E-state index in [1.54, 1.807) is 16.2 Å². The predicted molar refractivity (Wildman–Crippen MR) is 246 cm³/mol. The summed E-state index contributed by atoms with van der Waals surface area (Å²) in [5, 5.41) is 7.96. The first-order valence-electron chi connectivity index (χ1n) is 22.9. The van der Waals surface area contributed by atoms with Crippen LogP contribution in [0.25, 0.3) is 10.2 Å². The summed E-state index contributed by atoms with van der Waals surface area (Å²) in [6.45, 7) is 14.4. The summed E-state index contributed by atoms with van der Waals surface area (Å²) in [5.74, 6) is -0.0727. The van der Waals surface area contributed by atoms with Crippen molar-refractivity contribution in [3.8, 4) is 0 Å². The number of esters is 1. The minimum atomic E-state index is -0.493. The van der Waals surface area contributed by atoms with Crippen LogP contribution in [0.2, 0.25) is 0 Å².